The molecule has 2 N–H and O–H groups in total. The molecule has 0 amide bonds. The first kappa shape index (κ1) is 13.5. The van der Waals surface area contributed by atoms with Crippen molar-refractivity contribution in [3.8, 4) is 0 Å². The van der Waals surface area contributed by atoms with Crippen LogP contribution in [0.1, 0.15) is 24.2 Å². The second-order valence-corrected chi connectivity index (χ2v) is 6.44. The number of sulfonamides is 1. The summed E-state index contributed by atoms with van der Waals surface area (Å²) in [6.45, 7) is 5.15. The van der Waals surface area contributed by atoms with Gasteiger partial charge in [-0.2, -0.15) is 5.10 Å². The maximum Gasteiger partial charge on any atom is 0.244 e. The Morgan fingerprint density at radius 2 is 2.17 bits per heavy atom. The summed E-state index contributed by atoms with van der Waals surface area (Å²) in [5.41, 5.74) is 1.22. The molecule has 1 saturated heterocycles. The first-order chi connectivity index (χ1) is 8.42. The SMILES string of the molecule is Cc1nn(C)c(C)c1S(=O)(=O)N[C@H]1CCCNC1. The quantitative estimate of drug-likeness (QED) is 0.816. The summed E-state index contributed by atoms with van der Waals surface area (Å²) in [7, 11) is -1.72. The van der Waals surface area contributed by atoms with Gasteiger partial charge in [0.05, 0.1) is 11.4 Å². The zero-order chi connectivity index (χ0) is 13.3. The van der Waals surface area contributed by atoms with Crippen molar-refractivity contribution in [2.45, 2.75) is 37.6 Å². The van der Waals surface area contributed by atoms with Crippen molar-refractivity contribution in [1.82, 2.24) is 19.8 Å². The van der Waals surface area contributed by atoms with E-state index in [1.807, 2.05) is 0 Å². The molecule has 0 radical (unpaired) electrons. The molecule has 0 bridgehead atoms. The minimum Gasteiger partial charge on any atom is -0.315 e. The zero-order valence-corrected chi connectivity index (χ0v) is 11.8. The molecule has 1 aromatic heterocycles. The van der Waals surface area contributed by atoms with Crippen molar-refractivity contribution < 1.29 is 8.42 Å². The zero-order valence-electron chi connectivity index (χ0n) is 11.0. The molecule has 1 aliphatic heterocycles. The fourth-order valence-electron chi connectivity index (χ4n) is 2.37. The predicted octanol–water partition coefficient (Wildman–Crippen LogP) is 0.0672. The van der Waals surface area contributed by atoms with Crippen molar-refractivity contribution in [3.05, 3.63) is 11.4 Å². The van der Waals surface area contributed by atoms with Crippen molar-refractivity contribution >= 4 is 10.0 Å². The number of nitrogens with one attached hydrogen (secondary N) is 2. The highest BCUT2D eigenvalue weighted by molar-refractivity contribution is 7.89. The van der Waals surface area contributed by atoms with Crippen LogP contribution in [0.25, 0.3) is 0 Å². The predicted molar refractivity (Wildman–Crippen MR) is 68.9 cm³/mol. The number of nitrogens with zero attached hydrogens (tertiary/aromatic N) is 2. The van der Waals surface area contributed by atoms with Crippen molar-refractivity contribution in [1.29, 1.82) is 0 Å². The van der Waals surface area contributed by atoms with Gasteiger partial charge in [-0.25, -0.2) is 13.1 Å². The van der Waals surface area contributed by atoms with Crippen LogP contribution in [0.5, 0.6) is 0 Å². The third kappa shape index (κ3) is 2.57. The highest BCUT2D eigenvalue weighted by atomic mass is 32.2. The molecule has 2 rings (SSSR count). The van der Waals surface area contributed by atoms with Crippen LogP contribution in [0.15, 0.2) is 4.90 Å². The Morgan fingerprint density at radius 1 is 1.44 bits per heavy atom. The van der Waals surface area contributed by atoms with E-state index in [9.17, 15) is 8.42 Å². The third-order valence-corrected chi connectivity index (χ3v) is 5.10. The number of hydrogen-bond acceptors (Lipinski definition) is 4. The Labute approximate surface area is 108 Å². The lowest BCUT2D eigenvalue weighted by atomic mass is 10.1. The lowest BCUT2D eigenvalue weighted by Crippen LogP contribution is -2.45. The summed E-state index contributed by atoms with van der Waals surface area (Å²) < 4.78 is 29.1. The summed E-state index contributed by atoms with van der Waals surface area (Å²) in [6, 6.07) is -0.0252. The van der Waals surface area contributed by atoms with Gasteiger partial charge in [-0.1, -0.05) is 0 Å². The highest BCUT2D eigenvalue weighted by Gasteiger charge is 2.27. The molecule has 0 aliphatic carbocycles. The Balaban J connectivity index is 2.24. The van der Waals surface area contributed by atoms with Crippen LogP contribution in [-0.2, 0) is 17.1 Å². The third-order valence-electron chi connectivity index (χ3n) is 3.33. The number of aryl methyl sites for hydroxylation is 2. The molecule has 6 nitrogen and oxygen atoms in total. The Morgan fingerprint density at radius 3 is 2.67 bits per heavy atom. The van der Waals surface area contributed by atoms with E-state index in [0.717, 1.165) is 19.4 Å². The van der Waals surface area contributed by atoms with E-state index >= 15 is 0 Å². The van der Waals surface area contributed by atoms with Crippen LogP contribution in [0.2, 0.25) is 0 Å². The fraction of sp³-hybridized carbons (Fsp3) is 0.727. The molecule has 1 fully saturated rings. The molecule has 0 aromatic carbocycles. The molecule has 18 heavy (non-hydrogen) atoms. The minimum absolute atomic E-state index is 0.0252. The van der Waals surface area contributed by atoms with Crippen molar-refractivity contribution in [3.63, 3.8) is 0 Å². The van der Waals surface area contributed by atoms with Crippen LogP contribution in [0.3, 0.4) is 0 Å². The van der Waals surface area contributed by atoms with Gasteiger partial charge < -0.3 is 5.32 Å². The van der Waals surface area contributed by atoms with E-state index < -0.39 is 10.0 Å². The molecule has 2 heterocycles. The summed E-state index contributed by atoms with van der Waals surface area (Å²) in [4.78, 5) is 0.315. The number of hydrogen-bond donors (Lipinski definition) is 2. The van der Waals surface area contributed by atoms with Crippen LogP contribution in [0.4, 0.5) is 0 Å². The van der Waals surface area contributed by atoms with E-state index in [2.05, 4.69) is 15.1 Å². The average molecular weight is 272 g/mol. The molecule has 0 unspecified atom stereocenters. The molecular formula is C11H20N4O2S. The van der Waals surface area contributed by atoms with Gasteiger partial charge in [0, 0.05) is 19.6 Å². The van der Waals surface area contributed by atoms with E-state index in [-0.39, 0.29) is 6.04 Å². The maximum atomic E-state index is 12.4. The van der Waals surface area contributed by atoms with Crippen LogP contribution in [-0.4, -0.2) is 37.3 Å². The van der Waals surface area contributed by atoms with Gasteiger partial charge in [0.1, 0.15) is 4.90 Å². The molecule has 0 spiro atoms. The summed E-state index contributed by atoms with van der Waals surface area (Å²) in [5, 5.41) is 7.35. The summed E-state index contributed by atoms with van der Waals surface area (Å²) in [6.07, 6.45) is 1.88. The van der Waals surface area contributed by atoms with Gasteiger partial charge >= 0.3 is 0 Å². The highest BCUT2D eigenvalue weighted by Crippen LogP contribution is 2.19. The number of rotatable bonds is 3. The maximum absolute atomic E-state index is 12.4. The molecule has 1 atom stereocenters. The molecular weight excluding hydrogens is 252 g/mol. The largest absolute Gasteiger partial charge is 0.315 e. The molecule has 1 aromatic rings. The first-order valence-corrected chi connectivity index (χ1v) is 7.63. The number of piperidine rings is 1. The van der Waals surface area contributed by atoms with Gasteiger partial charge in [0.2, 0.25) is 10.0 Å². The molecule has 7 heteroatoms. The van der Waals surface area contributed by atoms with E-state index in [4.69, 9.17) is 0 Å². The summed E-state index contributed by atoms with van der Waals surface area (Å²) >= 11 is 0. The van der Waals surface area contributed by atoms with E-state index in [0.29, 0.717) is 22.8 Å². The van der Waals surface area contributed by atoms with Gasteiger partial charge in [-0.3, -0.25) is 4.68 Å². The lowest BCUT2D eigenvalue weighted by Gasteiger charge is -2.23. The van der Waals surface area contributed by atoms with Gasteiger partial charge in [-0.15, -0.1) is 0 Å². The topological polar surface area (TPSA) is 76.0 Å². The monoisotopic (exact) mass is 272 g/mol. The summed E-state index contributed by atoms with van der Waals surface area (Å²) in [5.74, 6) is 0. The molecule has 0 saturated carbocycles. The fourth-order valence-corrected chi connectivity index (χ4v) is 4.08. The first-order valence-electron chi connectivity index (χ1n) is 6.15. The van der Waals surface area contributed by atoms with E-state index in [1.165, 1.54) is 0 Å². The average Bonchev–Trinajstić information content (AvgIpc) is 2.54. The lowest BCUT2D eigenvalue weighted by molar-refractivity contribution is 0.428. The second-order valence-electron chi connectivity index (χ2n) is 4.79. The van der Waals surface area contributed by atoms with Gasteiger partial charge in [0.15, 0.2) is 0 Å². The normalized spacial score (nSPS) is 21.2. The van der Waals surface area contributed by atoms with Crippen LogP contribution < -0.4 is 10.0 Å². The standard InChI is InChI=1S/C11H20N4O2S/c1-8-11(9(2)15(3)13-8)18(16,17)14-10-5-4-6-12-7-10/h10,12,14H,4-7H2,1-3H3/t10-/m0/s1. The Hall–Kier alpha value is -0.920. The molecule has 102 valence electrons. The van der Waals surface area contributed by atoms with Gasteiger partial charge in [-0.05, 0) is 33.2 Å². The second kappa shape index (κ2) is 4.99. The van der Waals surface area contributed by atoms with E-state index in [1.54, 1.807) is 25.6 Å². The number of aromatic nitrogens is 2. The van der Waals surface area contributed by atoms with Crippen molar-refractivity contribution in [2.75, 3.05) is 13.1 Å². The van der Waals surface area contributed by atoms with Crippen LogP contribution in [0, 0.1) is 13.8 Å². The Bertz CT molecular complexity index is 529. The van der Waals surface area contributed by atoms with Gasteiger partial charge in [0.25, 0.3) is 0 Å². The Kier molecular flexibility index (Phi) is 3.74. The smallest absolute Gasteiger partial charge is 0.244 e. The minimum atomic E-state index is -3.47. The van der Waals surface area contributed by atoms with Crippen LogP contribution >= 0.6 is 0 Å². The van der Waals surface area contributed by atoms with Crippen molar-refractivity contribution in [2.24, 2.45) is 7.05 Å². The molecule has 1 aliphatic rings.